The minimum Gasteiger partial charge on any atom is -0.340 e. The van der Waals surface area contributed by atoms with Crippen molar-refractivity contribution in [3.05, 3.63) is 0 Å². The van der Waals surface area contributed by atoms with E-state index in [9.17, 15) is 4.79 Å². The summed E-state index contributed by atoms with van der Waals surface area (Å²) in [6.07, 6.45) is 0.470. The van der Waals surface area contributed by atoms with Crippen LogP contribution in [0.3, 0.4) is 0 Å². The Balaban J connectivity index is 2.23. The minimum absolute atomic E-state index is 0.0331. The van der Waals surface area contributed by atoms with Crippen molar-refractivity contribution in [1.29, 1.82) is 0 Å². The molecular formula is C12H26N4O. The van der Waals surface area contributed by atoms with E-state index in [4.69, 9.17) is 5.73 Å². The molecule has 0 aromatic rings. The van der Waals surface area contributed by atoms with Crippen molar-refractivity contribution in [3.63, 3.8) is 0 Å². The molecule has 0 aliphatic carbocycles. The van der Waals surface area contributed by atoms with Gasteiger partial charge in [0.15, 0.2) is 0 Å². The zero-order valence-electron chi connectivity index (χ0n) is 11.4. The molecule has 1 amide bonds. The van der Waals surface area contributed by atoms with Crippen LogP contribution in [0.2, 0.25) is 0 Å². The first-order valence-electron chi connectivity index (χ1n) is 6.39. The fourth-order valence-electron chi connectivity index (χ4n) is 1.97. The van der Waals surface area contributed by atoms with Gasteiger partial charge in [0.1, 0.15) is 0 Å². The van der Waals surface area contributed by atoms with Crippen molar-refractivity contribution < 1.29 is 4.79 Å². The fourth-order valence-corrected chi connectivity index (χ4v) is 1.97. The van der Waals surface area contributed by atoms with Gasteiger partial charge in [-0.2, -0.15) is 0 Å². The highest BCUT2D eigenvalue weighted by atomic mass is 16.2. The monoisotopic (exact) mass is 242 g/mol. The molecule has 0 bridgehead atoms. The van der Waals surface area contributed by atoms with Gasteiger partial charge in [0.25, 0.3) is 0 Å². The van der Waals surface area contributed by atoms with Gasteiger partial charge in [-0.3, -0.25) is 9.69 Å². The van der Waals surface area contributed by atoms with E-state index >= 15 is 0 Å². The maximum Gasteiger partial charge on any atom is 0.224 e. The van der Waals surface area contributed by atoms with Crippen LogP contribution in [0.25, 0.3) is 0 Å². The van der Waals surface area contributed by atoms with Crippen molar-refractivity contribution in [2.24, 2.45) is 5.73 Å². The Kier molecular flexibility index (Phi) is 5.88. The van der Waals surface area contributed by atoms with E-state index in [1.54, 1.807) is 0 Å². The van der Waals surface area contributed by atoms with E-state index in [-0.39, 0.29) is 11.9 Å². The number of piperazine rings is 1. The standard InChI is InChI=1S/C12H26N4O/c1-11(13)10-12(17)16-8-6-15(7-9-16)5-4-14(2)3/h11H,4-10,13H2,1-3H3. The van der Waals surface area contributed by atoms with Crippen molar-refractivity contribution >= 4 is 5.91 Å². The maximum absolute atomic E-state index is 11.8. The lowest BCUT2D eigenvalue weighted by molar-refractivity contribution is -0.133. The Labute approximate surface area is 105 Å². The lowest BCUT2D eigenvalue weighted by Gasteiger charge is -2.35. The molecule has 100 valence electrons. The smallest absolute Gasteiger partial charge is 0.224 e. The molecule has 1 heterocycles. The number of nitrogens with two attached hydrogens (primary N) is 1. The SMILES string of the molecule is CC(N)CC(=O)N1CCN(CCN(C)C)CC1. The van der Waals surface area contributed by atoms with Crippen molar-refractivity contribution in [3.8, 4) is 0 Å². The van der Waals surface area contributed by atoms with Gasteiger partial charge < -0.3 is 15.5 Å². The number of carbonyl (C=O) groups excluding carboxylic acids is 1. The summed E-state index contributed by atoms with van der Waals surface area (Å²) in [4.78, 5) is 18.3. The first-order valence-corrected chi connectivity index (χ1v) is 6.39. The summed E-state index contributed by atoms with van der Waals surface area (Å²) in [6.45, 7) is 7.70. The molecule has 1 aliphatic heterocycles. The fraction of sp³-hybridized carbons (Fsp3) is 0.917. The number of hydrogen-bond donors (Lipinski definition) is 1. The Morgan fingerprint density at radius 3 is 2.35 bits per heavy atom. The summed E-state index contributed by atoms with van der Waals surface area (Å²) < 4.78 is 0. The average Bonchev–Trinajstić information content (AvgIpc) is 2.26. The van der Waals surface area contributed by atoms with E-state index in [1.165, 1.54) is 0 Å². The second-order valence-corrected chi connectivity index (χ2v) is 5.21. The van der Waals surface area contributed by atoms with Gasteiger partial charge in [-0.05, 0) is 21.0 Å². The van der Waals surface area contributed by atoms with E-state index < -0.39 is 0 Å². The summed E-state index contributed by atoms with van der Waals surface area (Å²) in [6, 6.07) is -0.0331. The third-order valence-corrected chi connectivity index (χ3v) is 3.09. The molecule has 0 saturated carbocycles. The van der Waals surface area contributed by atoms with Gasteiger partial charge in [-0.1, -0.05) is 0 Å². The predicted octanol–water partition coefficient (Wildman–Crippen LogP) is -0.570. The summed E-state index contributed by atoms with van der Waals surface area (Å²) in [5.74, 6) is 0.201. The molecule has 1 aliphatic rings. The predicted molar refractivity (Wildman–Crippen MR) is 69.8 cm³/mol. The van der Waals surface area contributed by atoms with E-state index in [2.05, 4.69) is 23.9 Å². The Morgan fingerprint density at radius 2 is 1.88 bits per heavy atom. The largest absolute Gasteiger partial charge is 0.340 e. The van der Waals surface area contributed by atoms with E-state index in [0.29, 0.717) is 6.42 Å². The van der Waals surface area contributed by atoms with Crippen LogP contribution in [0.5, 0.6) is 0 Å². The normalized spacial score (nSPS) is 19.7. The first kappa shape index (κ1) is 14.4. The number of amides is 1. The van der Waals surface area contributed by atoms with Crippen LogP contribution >= 0.6 is 0 Å². The second-order valence-electron chi connectivity index (χ2n) is 5.21. The second kappa shape index (κ2) is 6.93. The molecule has 2 N–H and O–H groups in total. The van der Waals surface area contributed by atoms with Gasteiger partial charge in [-0.15, -0.1) is 0 Å². The van der Waals surface area contributed by atoms with Gasteiger partial charge in [-0.25, -0.2) is 0 Å². The molecule has 0 aromatic heterocycles. The maximum atomic E-state index is 11.8. The number of rotatable bonds is 5. The lowest BCUT2D eigenvalue weighted by atomic mass is 10.2. The molecule has 1 rings (SSSR count). The third kappa shape index (κ3) is 5.48. The van der Waals surface area contributed by atoms with E-state index in [1.807, 2.05) is 11.8 Å². The highest BCUT2D eigenvalue weighted by molar-refractivity contribution is 5.76. The highest BCUT2D eigenvalue weighted by Gasteiger charge is 2.21. The number of nitrogens with zero attached hydrogens (tertiary/aromatic N) is 3. The van der Waals surface area contributed by atoms with Gasteiger partial charge >= 0.3 is 0 Å². The van der Waals surface area contributed by atoms with Crippen LogP contribution in [0.4, 0.5) is 0 Å². The molecule has 17 heavy (non-hydrogen) atoms. The Bertz CT molecular complexity index is 235. The Hall–Kier alpha value is -0.650. The quantitative estimate of drug-likeness (QED) is 0.701. The molecule has 1 saturated heterocycles. The molecule has 5 heteroatoms. The topological polar surface area (TPSA) is 52.8 Å². The summed E-state index contributed by atoms with van der Waals surface area (Å²) >= 11 is 0. The molecular weight excluding hydrogens is 216 g/mol. The molecule has 0 aromatic carbocycles. The van der Waals surface area contributed by atoms with Crippen LogP contribution in [-0.2, 0) is 4.79 Å². The zero-order valence-corrected chi connectivity index (χ0v) is 11.4. The number of likely N-dealkylation sites (N-methyl/N-ethyl adjacent to an activating group) is 1. The van der Waals surface area contributed by atoms with Gasteiger partial charge in [0, 0.05) is 51.7 Å². The molecule has 1 fully saturated rings. The highest BCUT2D eigenvalue weighted by Crippen LogP contribution is 2.04. The number of hydrogen-bond acceptors (Lipinski definition) is 4. The van der Waals surface area contributed by atoms with Crippen molar-refractivity contribution in [2.75, 3.05) is 53.4 Å². The summed E-state index contributed by atoms with van der Waals surface area (Å²) in [7, 11) is 4.17. The zero-order chi connectivity index (χ0) is 12.8. The lowest BCUT2D eigenvalue weighted by Crippen LogP contribution is -2.50. The van der Waals surface area contributed by atoms with Crippen LogP contribution in [-0.4, -0.2) is 80.0 Å². The number of carbonyl (C=O) groups is 1. The summed E-state index contributed by atoms with van der Waals surface area (Å²) in [5.41, 5.74) is 5.64. The first-order chi connectivity index (χ1) is 7.99. The molecule has 1 atom stereocenters. The van der Waals surface area contributed by atoms with Crippen LogP contribution in [0.1, 0.15) is 13.3 Å². The van der Waals surface area contributed by atoms with Crippen molar-refractivity contribution in [1.82, 2.24) is 14.7 Å². The van der Waals surface area contributed by atoms with Crippen LogP contribution < -0.4 is 5.73 Å². The molecule has 1 unspecified atom stereocenters. The van der Waals surface area contributed by atoms with Gasteiger partial charge in [0.05, 0.1) is 0 Å². The molecule has 5 nitrogen and oxygen atoms in total. The van der Waals surface area contributed by atoms with Crippen molar-refractivity contribution in [2.45, 2.75) is 19.4 Å². The minimum atomic E-state index is -0.0331. The Morgan fingerprint density at radius 1 is 1.29 bits per heavy atom. The van der Waals surface area contributed by atoms with E-state index in [0.717, 1.165) is 39.3 Å². The van der Waals surface area contributed by atoms with Gasteiger partial charge in [0.2, 0.25) is 5.91 Å². The van der Waals surface area contributed by atoms with Crippen LogP contribution in [0, 0.1) is 0 Å². The third-order valence-electron chi connectivity index (χ3n) is 3.09. The van der Waals surface area contributed by atoms with Crippen LogP contribution in [0.15, 0.2) is 0 Å². The molecule has 0 spiro atoms. The summed E-state index contributed by atoms with van der Waals surface area (Å²) in [5, 5.41) is 0. The molecule has 0 radical (unpaired) electrons. The average molecular weight is 242 g/mol.